The van der Waals surface area contributed by atoms with Crippen LogP contribution < -0.4 is 15.4 Å². The van der Waals surface area contributed by atoms with Gasteiger partial charge in [-0.15, -0.1) is 0 Å². The summed E-state index contributed by atoms with van der Waals surface area (Å²) in [7, 11) is 1.67. The van der Waals surface area contributed by atoms with E-state index in [1.165, 1.54) is 39.5 Å². The fourth-order valence-electron chi connectivity index (χ4n) is 6.06. The van der Waals surface area contributed by atoms with Gasteiger partial charge in [0.2, 0.25) is 0 Å². The highest BCUT2D eigenvalue weighted by atomic mass is 16.6. The molecule has 12 heteroatoms. The molecule has 0 radical (unpaired) electrons. The largest absolute Gasteiger partial charge is 0.497 e. The van der Waals surface area contributed by atoms with E-state index < -0.39 is 30.4 Å². The number of benzene rings is 2. The number of fused-ring (bicyclic) bond motifs is 2. The van der Waals surface area contributed by atoms with Gasteiger partial charge in [0.15, 0.2) is 29.3 Å². The highest BCUT2D eigenvalue weighted by Gasteiger charge is 2.48. The first kappa shape index (κ1) is 29.2. The van der Waals surface area contributed by atoms with Crippen LogP contribution in [-0.2, 0) is 22.5 Å². The number of carbonyl (C=O) groups excluding carboxylic acids is 1. The Balaban J connectivity index is 1.10. The quantitative estimate of drug-likeness (QED) is 0.187. The smallest absolute Gasteiger partial charge is 0.252 e. The second-order valence-corrected chi connectivity index (χ2v) is 12.0. The molecule has 4 atom stereocenters. The van der Waals surface area contributed by atoms with Crippen molar-refractivity contribution in [2.24, 2.45) is 0 Å². The predicted molar refractivity (Wildman–Crippen MR) is 168 cm³/mol. The summed E-state index contributed by atoms with van der Waals surface area (Å²) in [5, 5.41) is 28.7. The number of nitrogens with zero attached hydrogens (tertiary/aromatic N) is 5. The number of aliphatic hydroxyl groups is 2. The number of hydrogen-bond donors (Lipinski definition) is 4. The minimum Gasteiger partial charge on any atom is -0.497 e. The Kier molecular flexibility index (Phi) is 7.64. The molecule has 12 nitrogen and oxygen atoms in total. The van der Waals surface area contributed by atoms with Gasteiger partial charge < -0.3 is 34.9 Å². The van der Waals surface area contributed by atoms with Gasteiger partial charge in [0.25, 0.3) is 5.91 Å². The van der Waals surface area contributed by atoms with Crippen molar-refractivity contribution in [1.29, 1.82) is 0 Å². The molecule has 1 amide bonds. The molecule has 45 heavy (non-hydrogen) atoms. The summed E-state index contributed by atoms with van der Waals surface area (Å²) in [6, 6.07) is 12.8. The number of methoxy groups -OCH3 is 1. The third kappa shape index (κ3) is 5.60. The summed E-state index contributed by atoms with van der Waals surface area (Å²) in [4.78, 5) is 25.9. The normalized spacial score (nSPS) is 21.4. The molecule has 7 rings (SSSR count). The van der Waals surface area contributed by atoms with Crippen molar-refractivity contribution in [2.75, 3.05) is 19.0 Å². The van der Waals surface area contributed by atoms with Crippen LogP contribution in [0.3, 0.4) is 0 Å². The van der Waals surface area contributed by atoms with E-state index in [1.807, 2.05) is 6.07 Å². The molecule has 2 aliphatic rings. The van der Waals surface area contributed by atoms with Gasteiger partial charge in [-0.2, -0.15) is 0 Å². The van der Waals surface area contributed by atoms with Gasteiger partial charge >= 0.3 is 0 Å². The highest BCUT2D eigenvalue weighted by molar-refractivity contribution is 5.86. The second-order valence-electron chi connectivity index (χ2n) is 12.0. The van der Waals surface area contributed by atoms with Crippen LogP contribution in [0.5, 0.6) is 5.75 Å². The van der Waals surface area contributed by atoms with Gasteiger partial charge in [0.05, 0.1) is 13.4 Å². The molecule has 1 aliphatic heterocycles. The Morgan fingerprint density at radius 1 is 1.07 bits per heavy atom. The number of aryl methyl sites for hydroxylation is 2. The van der Waals surface area contributed by atoms with E-state index in [4.69, 9.17) is 9.47 Å². The van der Waals surface area contributed by atoms with Crippen molar-refractivity contribution in [1.82, 2.24) is 29.4 Å². The van der Waals surface area contributed by atoms with Crippen LogP contribution in [0.4, 0.5) is 5.82 Å². The number of amides is 1. The summed E-state index contributed by atoms with van der Waals surface area (Å²) >= 11 is 0. The monoisotopic (exact) mass is 611 g/mol. The molecule has 2 aromatic carbocycles. The molecule has 4 N–H and O–H groups in total. The number of hydrogen-bond acceptors (Lipinski definition) is 9. The number of aliphatic hydroxyl groups excluding tert-OH is 2. The van der Waals surface area contributed by atoms with Crippen LogP contribution in [0.1, 0.15) is 41.3 Å². The maximum atomic E-state index is 12.6. The number of rotatable bonds is 10. The van der Waals surface area contributed by atoms with E-state index in [9.17, 15) is 15.0 Å². The molecule has 5 aromatic rings. The van der Waals surface area contributed by atoms with Crippen molar-refractivity contribution in [3.63, 3.8) is 0 Å². The van der Waals surface area contributed by atoms with Gasteiger partial charge in [-0.05, 0) is 68.0 Å². The molecule has 4 heterocycles. The van der Waals surface area contributed by atoms with Gasteiger partial charge in [0, 0.05) is 36.2 Å². The van der Waals surface area contributed by atoms with Gasteiger partial charge in [-0.3, -0.25) is 9.36 Å². The lowest BCUT2D eigenvalue weighted by atomic mass is 10.1. The van der Waals surface area contributed by atoms with Crippen LogP contribution in [0.15, 0.2) is 55.2 Å². The molecular formula is C33H37N7O5. The minimum absolute atomic E-state index is 0.107. The first-order valence-electron chi connectivity index (χ1n) is 15.3. The zero-order valence-electron chi connectivity index (χ0n) is 25.5. The number of imidazole rings is 1. The van der Waals surface area contributed by atoms with Crippen molar-refractivity contribution < 1.29 is 24.5 Å². The number of carbonyl (C=O) groups is 1. The van der Waals surface area contributed by atoms with Gasteiger partial charge in [-0.25, -0.2) is 15.0 Å². The molecule has 2 fully saturated rings. The molecule has 1 saturated carbocycles. The van der Waals surface area contributed by atoms with Crippen LogP contribution in [0.2, 0.25) is 0 Å². The Bertz CT molecular complexity index is 1880. The molecule has 1 aliphatic carbocycles. The number of ether oxygens (including phenoxy) is 2. The first-order valence-corrected chi connectivity index (χ1v) is 15.3. The van der Waals surface area contributed by atoms with E-state index in [2.05, 4.69) is 80.5 Å². The topological polar surface area (TPSA) is 149 Å². The molecular weight excluding hydrogens is 574 g/mol. The molecule has 3 aromatic heterocycles. The summed E-state index contributed by atoms with van der Waals surface area (Å²) in [5.74, 6) is 0.908. The Labute approximate surface area is 260 Å². The summed E-state index contributed by atoms with van der Waals surface area (Å²) in [5.41, 5.74) is 7.00. The second kappa shape index (κ2) is 11.8. The average molecular weight is 612 g/mol. The summed E-state index contributed by atoms with van der Waals surface area (Å²) in [6.07, 6.45) is 2.72. The van der Waals surface area contributed by atoms with Crippen molar-refractivity contribution in [3.8, 4) is 5.75 Å². The minimum atomic E-state index is -1.37. The molecule has 0 spiro atoms. The number of nitrogens with one attached hydrogen (secondary N) is 2. The van der Waals surface area contributed by atoms with Crippen LogP contribution >= 0.6 is 0 Å². The number of anilines is 1. The van der Waals surface area contributed by atoms with E-state index >= 15 is 0 Å². The van der Waals surface area contributed by atoms with Gasteiger partial charge in [0.1, 0.15) is 24.3 Å². The maximum Gasteiger partial charge on any atom is 0.252 e. The van der Waals surface area contributed by atoms with E-state index in [-0.39, 0.29) is 6.04 Å². The van der Waals surface area contributed by atoms with E-state index in [1.54, 1.807) is 7.11 Å². The summed E-state index contributed by atoms with van der Waals surface area (Å²) in [6.45, 7) is 5.59. The van der Waals surface area contributed by atoms with Crippen molar-refractivity contribution >= 4 is 33.8 Å². The van der Waals surface area contributed by atoms with Crippen LogP contribution in [0, 0.1) is 13.8 Å². The fraction of sp³-hybridized carbons (Fsp3) is 0.394. The maximum absolute atomic E-state index is 12.6. The lowest BCUT2D eigenvalue weighted by Gasteiger charge is -2.16. The fourth-order valence-corrected chi connectivity index (χ4v) is 6.06. The molecule has 0 unspecified atom stereocenters. The predicted octanol–water partition coefficient (Wildman–Crippen LogP) is 3.01. The summed E-state index contributed by atoms with van der Waals surface area (Å²) < 4.78 is 15.2. The zero-order chi connectivity index (χ0) is 31.2. The van der Waals surface area contributed by atoms with E-state index in [0.29, 0.717) is 29.9 Å². The first-order chi connectivity index (χ1) is 21.8. The van der Waals surface area contributed by atoms with Crippen LogP contribution in [0.25, 0.3) is 22.1 Å². The lowest BCUT2D eigenvalue weighted by molar-refractivity contribution is -0.137. The van der Waals surface area contributed by atoms with E-state index in [0.717, 1.165) is 36.0 Å². The highest BCUT2D eigenvalue weighted by Crippen LogP contribution is 2.33. The standard InChI is InChI=1S/C33H37N7O5/c1-18-4-5-19(2)21(12-18)15-39-14-20(24-13-23(44-3)8-9-25(24)39)10-11-34-30-26-31(36-16-35-30)40(17-37-26)33-28(42)27(41)29(45-33)32(43)38-22-6-7-22/h4-5,8-9,12-14,16-17,22,27-29,33,41-42H,6-7,10-11,15H2,1-3H3,(H,38,43)(H,34,35,36)/t27-,28+,29-,33+/m0/s1. The SMILES string of the molecule is COc1ccc2c(c1)c(CCNc1ncnc3c1ncn3[C@@H]1O[C@H](C(=O)NC3CC3)[C@@H](O)[C@H]1O)cn2Cc1cc(C)ccc1C. The molecule has 0 bridgehead atoms. The molecule has 1 saturated heterocycles. The van der Waals surface area contributed by atoms with Crippen molar-refractivity contribution in [3.05, 3.63) is 77.5 Å². The Morgan fingerprint density at radius 2 is 1.91 bits per heavy atom. The Hall–Kier alpha value is -4.52. The Morgan fingerprint density at radius 3 is 2.71 bits per heavy atom. The third-order valence-corrected chi connectivity index (χ3v) is 8.76. The average Bonchev–Trinajstić information content (AvgIpc) is 3.53. The van der Waals surface area contributed by atoms with Gasteiger partial charge in [-0.1, -0.05) is 23.8 Å². The van der Waals surface area contributed by atoms with Crippen LogP contribution in [-0.4, -0.2) is 78.2 Å². The molecule has 234 valence electrons. The zero-order valence-corrected chi connectivity index (χ0v) is 25.5. The third-order valence-electron chi connectivity index (χ3n) is 8.76. The lowest BCUT2D eigenvalue weighted by Crippen LogP contribution is -2.43. The van der Waals surface area contributed by atoms with Crippen molar-refractivity contribution in [2.45, 2.75) is 70.2 Å². The number of aromatic nitrogens is 5.